The lowest BCUT2D eigenvalue weighted by atomic mass is 10.2. The lowest BCUT2D eigenvalue weighted by Crippen LogP contribution is -2.42. The first-order valence-corrected chi connectivity index (χ1v) is 8.66. The standard InChI is InChI=1S/C14H16N2O3S2/c1-16-10(14(18)19)7-21-13(16)9-6-20-12(15-9)8-4-2-3-5-11(8)17/h2-5,9-10,13,17H,6-7H2,1H3,(H,18,19)/t9-,10-,13?/m1/s1. The van der Waals surface area contributed by atoms with Gasteiger partial charge in [0.05, 0.1) is 11.4 Å². The minimum absolute atomic E-state index is 0.0592. The predicted molar refractivity (Wildman–Crippen MR) is 86.3 cm³/mol. The highest BCUT2D eigenvalue weighted by molar-refractivity contribution is 8.14. The van der Waals surface area contributed by atoms with E-state index in [0.29, 0.717) is 5.75 Å². The summed E-state index contributed by atoms with van der Waals surface area (Å²) in [6.07, 6.45) is 0. The van der Waals surface area contributed by atoms with Crippen molar-refractivity contribution < 1.29 is 15.0 Å². The van der Waals surface area contributed by atoms with Crippen molar-refractivity contribution in [3.8, 4) is 5.75 Å². The van der Waals surface area contributed by atoms with Gasteiger partial charge >= 0.3 is 5.97 Å². The van der Waals surface area contributed by atoms with Gasteiger partial charge in [0.15, 0.2) is 0 Å². The number of thioether (sulfide) groups is 2. The van der Waals surface area contributed by atoms with Crippen molar-refractivity contribution >= 4 is 34.5 Å². The third kappa shape index (κ3) is 2.77. The van der Waals surface area contributed by atoms with Crippen LogP contribution in [0.15, 0.2) is 29.3 Å². The number of aliphatic imine (C=N–C) groups is 1. The predicted octanol–water partition coefficient (Wildman–Crippen LogP) is 1.71. The lowest BCUT2D eigenvalue weighted by molar-refractivity contribution is -0.141. The minimum Gasteiger partial charge on any atom is -0.507 e. The smallest absolute Gasteiger partial charge is 0.321 e. The average molecular weight is 324 g/mol. The third-order valence-electron chi connectivity index (χ3n) is 3.74. The van der Waals surface area contributed by atoms with Crippen LogP contribution in [0, 0.1) is 0 Å². The van der Waals surface area contributed by atoms with Gasteiger partial charge in [0.2, 0.25) is 0 Å². The highest BCUT2D eigenvalue weighted by Gasteiger charge is 2.41. The van der Waals surface area contributed by atoms with Crippen LogP contribution < -0.4 is 0 Å². The summed E-state index contributed by atoms with van der Waals surface area (Å²) in [7, 11) is 1.85. The molecule has 0 aromatic heterocycles. The molecule has 0 aliphatic carbocycles. The maximum absolute atomic E-state index is 11.2. The van der Waals surface area contributed by atoms with E-state index in [1.165, 1.54) is 0 Å². The Bertz CT molecular complexity index is 593. The lowest BCUT2D eigenvalue weighted by Gasteiger charge is -2.24. The quantitative estimate of drug-likeness (QED) is 0.882. The van der Waals surface area contributed by atoms with Gasteiger partial charge in [0.25, 0.3) is 0 Å². The molecule has 21 heavy (non-hydrogen) atoms. The molecule has 1 aromatic rings. The largest absolute Gasteiger partial charge is 0.507 e. The molecule has 3 rings (SSSR count). The van der Waals surface area contributed by atoms with Gasteiger partial charge in [-0.15, -0.1) is 23.5 Å². The van der Waals surface area contributed by atoms with Gasteiger partial charge in [-0.25, -0.2) is 0 Å². The Morgan fingerprint density at radius 1 is 1.38 bits per heavy atom. The first kappa shape index (κ1) is 14.7. The van der Waals surface area contributed by atoms with Crippen LogP contribution in [0.5, 0.6) is 5.75 Å². The van der Waals surface area contributed by atoms with Crippen LogP contribution in [0.4, 0.5) is 0 Å². The van der Waals surface area contributed by atoms with Crippen LogP contribution in [0.2, 0.25) is 0 Å². The summed E-state index contributed by atoms with van der Waals surface area (Å²) in [5.74, 6) is 0.875. The molecule has 3 atom stereocenters. The molecular formula is C14H16N2O3S2. The summed E-state index contributed by atoms with van der Waals surface area (Å²) in [6.45, 7) is 0. The van der Waals surface area contributed by atoms with Crippen LogP contribution in [-0.2, 0) is 4.79 Å². The minimum atomic E-state index is -0.775. The molecule has 1 aromatic carbocycles. The number of hydrogen-bond acceptors (Lipinski definition) is 6. The Kier molecular flexibility index (Phi) is 4.14. The summed E-state index contributed by atoms with van der Waals surface area (Å²) >= 11 is 3.27. The third-order valence-corrected chi connectivity index (χ3v) is 6.34. The molecule has 2 aliphatic rings. The molecule has 2 aliphatic heterocycles. The Labute approximate surface area is 131 Å². The number of likely N-dealkylation sites (N-methyl/N-ethyl adjacent to an activating group) is 1. The Balaban J connectivity index is 1.78. The molecule has 1 saturated heterocycles. The fourth-order valence-corrected chi connectivity index (χ4v) is 5.33. The molecule has 5 nitrogen and oxygen atoms in total. The van der Waals surface area contributed by atoms with Crippen molar-refractivity contribution in [1.29, 1.82) is 0 Å². The molecule has 0 radical (unpaired) electrons. The van der Waals surface area contributed by atoms with E-state index in [4.69, 9.17) is 4.99 Å². The van der Waals surface area contributed by atoms with E-state index in [9.17, 15) is 15.0 Å². The van der Waals surface area contributed by atoms with Crippen molar-refractivity contribution in [3.05, 3.63) is 29.8 Å². The summed E-state index contributed by atoms with van der Waals surface area (Å²) < 4.78 is 0. The zero-order valence-electron chi connectivity index (χ0n) is 11.5. The number of aliphatic carboxylic acids is 1. The molecule has 0 bridgehead atoms. The summed E-state index contributed by atoms with van der Waals surface area (Å²) in [6, 6.07) is 6.80. The molecule has 2 N–H and O–H groups in total. The number of para-hydroxylation sites is 1. The van der Waals surface area contributed by atoms with Gasteiger partial charge in [-0.3, -0.25) is 14.7 Å². The highest BCUT2D eigenvalue weighted by Crippen LogP contribution is 2.37. The highest BCUT2D eigenvalue weighted by atomic mass is 32.2. The average Bonchev–Trinajstić information content (AvgIpc) is 3.05. The van der Waals surface area contributed by atoms with Gasteiger partial charge in [0, 0.05) is 17.1 Å². The number of benzene rings is 1. The first-order valence-electron chi connectivity index (χ1n) is 6.63. The SMILES string of the molecule is CN1C([C@H]2CSC(c3ccccc3O)=N2)SC[C@@H]1C(=O)O. The Morgan fingerprint density at radius 2 is 2.14 bits per heavy atom. The molecular weight excluding hydrogens is 308 g/mol. The number of aromatic hydroxyl groups is 1. The van der Waals surface area contributed by atoms with E-state index in [1.807, 2.05) is 24.1 Å². The normalized spacial score (nSPS) is 29.6. The maximum atomic E-state index is 11.2. The summed E-state index contributed by atoms with van der Waals surface area (Å²) in [5.41, 5.74) is 0.755. The summed E-state index contributed by atoms with van der Waals surface area (Å²) in [4.78, 5) is 17.8. The fraction of sp³-hybridized carbons (Fsp3) is 0.429. The van der Waals surface area contributed by atoms with E-state index < -0.39 is 12.0 Å². The van der Waals surface area contributed by atoms with E-state index in [-0.39, 0.29) is 17.2 Å². The molecule has 0 amide bonds. The molecule has 7 heteroatoms. The molecule has 1 fully saturated rings. The van der Waals surface area contributed by atoms with E-state index in [1.54, 1.807) is 35.7 Å². The molecule has 1 unspecified atom stereocenters. The first-order chi connectivity index (χ1) is 10.1. The maximum Gasteiger partial charge on any atom is 0.321 e. The Morgan fingerprint density at radius 3 is 2.81 bits per heavy atom. The van der Waals surface area contributed by atoms with Crippen LogP contribution >= 0.6 is 23.5 Å². The van der Waals surface area contributed by atoms with Crippen molar-refractivity contribution in [2.24, 2.45) is 4.99 Å². The number of carboxylic acid groups (broad SMARTS) is 1. The number of phenols is 1. The zero-order chi connectivity index (χ0) is 15.0. The Hall–Kier alpha value is -1.18. The fourth-order valence-electron chi connectivity index (χ4n) is 2.57. The second-order valence-corrected chi connectivity index (χ2v) is 7.23. The summed E-state index contributed by atoms with van der Waals surface area (Å²) in [5, 5.41) is 20.0. The van der Waals surface area contributed by atoms with Gasteiger partial charge in [-0.2, -0.15) is 0 Å². The molecule has 0 spiro atoms. The molecule has 2 heterocycles. The van der Waals surface area contributed by atoms with Crippen molar-refractivity contribution in [2.75, 3.05) is 18.6 Å². The van der Waals surface area contributed by atoms with Crippen molar-refractivity contribution in [1.82, 2.24) is 4.90 Å². The van der Waals surface area contributed by atoms with E-state index in [2.05, 4.69) is 0 Å². The number of carboxylic acids is 1. The van der Waals surface area contributed by atoms with Gasteiger partial charge in [0.1, 0.15) is 16.8 Å². The van der Waals surface area contributed by atoms with Crippen molar-refractivity contribution in [3.63, 3.8) is 0 Å². The number of nitrogens with zero attached hydrogens (tertiary/aromatic N) is 2. The zero-order valence-corrected chi connectivity index (χ0v) is 13.1. The second kappa shape index (κ2) is 5.90. The van der Waals surface area contributed by atoms with Crippen LogP contribution in [0.1, 0.15) is 5.56 Å². The van der Waals surface area contributed by atoms with Gasteiger partial charge in [-0.05, 0) is 19.2 Å². The van der Waals surface area contributed by atoms with Crippen LogP contribution in [0.3, 0.4) is 0 Å². The van der Waals surface area contributed by atoms with Crippen LogP contribution in [0.25, 0.3) is 0 Å². The monoisotopic (exact) mass is 324 g/mol. The molecule has 112 valence electrons. The van der Waals surface area contributed by atoms with E-state index in [0.717, 1.165) is 16.4 Å². The number of hydrogen-bond donors (Lipinski definition) is 2. The van der Waals surface area contributed by atoms with Crippen LogP contribution in [-0.4, -0.2) is 62.1 Å². The van der Waals surface area contributed by atoms with Gasteiger partial charge in [-0.1, -0.05) is 12.1 Å². The van der Waals surface area contributed by atoms with E-state index >= 15 is 0 Å². The number of carbonyl (C=O) groups is 1. The second-order valence-electron chi connectivity index (χ2n) is 5.07. The van der Waals surface area contributed by atoms with Crippen molar-refractivity contribution in [2.45, 2.75) is 17.5 Å². The topological polar surface area (TPSA) is 73.1 Å². The number of rotatable bonds is 3. The molecule has 0 saturated carbocycles. The van der Waals surface area contributed by atoms with Gasteiger partial charge < -0.3 is 10.2 Å². The number of phenolic OH excluding ortho intramolecular Hbond substituents is 1.